The molecular formula is C16H19N5O3. The predicted octanol–water partition coefficient (Wildman–Crippen LogP) is 0.119. The number of aliphatic hydroxyl groups is 1. The third-order valence-electron chi connectivity index (χ3n) is 4.14. The highest BCUT2D eigenvalue weighted by Crippen LogP contribution is 2.15. The number of H-pyrrole nitrogens is 1. The van der Waals surface area contributed by atoms with Crippen molar-refractivity contribution in [3.05, 3.63) is 47.3 Å². The van der Waals surface area contributed by atoms with Crippen LogP contribution in [0.3, 0.4) is 0 Å². The quantitative estimate of drug-likeness (QED) is 0.740. The van der Waals surface area contributed by atoms with E-state index in [1.165, 1.54) is 0 Å². The normalized spacial score (nSPS) is 20.7. The van der Waals surface area contributed by atoms with E-state index >= 15 is 0 Å². The summed E-state index contributed by atoms with van der Waals surface area (Å²) in [6, 6.07) is 8.52. The van der Waals surface area contributed by atoms with Gasteiger partial charge < -0.3 is 15.3 Å². The molecule has 0 radical (unpaired) electrons. The van der Waals surface area contributed by atoms with Crippen LogP contribution in [0.2, 0.25) is 0 Å². The Morgan fingerprint density at radius 2 is 2.04 bits per heavy atom. The van der Waals surface area contributed by atoms with Crippen LogP contribution in [0.4, 0.5) is 0 Å². The molecule has 1 fully saturated rings. The Hall–Kier alpha value is -2.74. The smallest absolute Gasteiger partial charge is 0.274 e. The van der Waals surface area contributed by atoms with Gasteiger partial charge in [0.25, 0.3) is 11.8 Å². The molecule has 0 saturated carbocycles. The lowest BCUT2D eigenvalue weighted by molar-refractivity contribution is 0.0314. The lowest BCUT2D eigenvalue weighted by Gasteiger charge is -2.36. The number of carbonyl (C=O) groups excluding carboxylic acids is 2. The molecule has 0 aliphatic carbocycles. The number of aliphatic hydroxyl groups excluding tert-OH is 1. The minimum atomic E-state index is -0.831. The number of likely N-dealkylation sites (tertiary alicyclic amines) is 1. The Bertz CT molecular complexity index is 730. The molecule has 3 rings (SSSR count). The lowest BCUT2D eigenvalue weighted by atomic mass is 10.0. The molecule has 24 heavy (non-hydrogen) atoms. The number of benzene rings is 1. The maximum Gasteiger partial charge on any atom is 0.274 e. The molecule has 8 nitrogen and oxygen atoms in total. The molecule has 1 saturated heterocycles. The third kappa shape index (κ3) is 3.28. The third-order valence-corrected chi connectivity index (χ3v) is 4.14. The summed E-state index contributed by atoms with van der Waals surface area (Å²) >= 11 is 0. The minimum absolute atomic E-state index is 0.119. The van der Waals surface area contributed by atoms with Crippen LogP contribution in [0.25, 0.3) is 0 Å². The van der Waals surface area contributed by atoms with Crippen molar-refractivity contribution in [1.29, 1.82) is 0 Å². The van der Waals surface area contributed by atoms with Crippen LogP contribution in [0.1, 0.15) is 33.0 Å². The monoisotopic (exact) mass is 329 g/mol. The molecule has 3 N–H and O–H groups in total. The van der Waals surface area contributed by atoms with Crippen molar-refractivity contribution in [2.24, 2.45) is 0 Å². The first-order valence-corrected chi connectivity index (χ1v) is 7.77. The second kappa shape index (κ2) is 6.79. The van der Waals surface area contributed by atoms with E-state index < -0.39 is 12.1 Å². The van der Waals surface area contributed by atoms with Gasteiger partial charge in [-0.1, -0.05) is 18.2 Å². The van der Waals surface area contributed by atoms with Crippen molar-refractivity contribution in [3.8, 4) is 0 Å². The van der Waals surface area contributed by atoms with E-state index in [0.29, 0.717) is 24.2 Å². The highest BCUT2D eigenvalue weighted by molar-refractivity contribution is 5.94. The standard InChI is InChI=1S/C16H19N5O3/c1-10-14(19-20-18-10)15(23)17-12-7-8-21(9-13(12)22)16(24)11-5-3-2-4-6-11/h2-6,12-13,22H,7-9H2,1H3,(H,17,23)(H,18,19,20). The van der Waals surface area contributed by atoms with Crippen LogP contribution in [-0.4, -0.2) is 62.5 Å². The van der Waals surface area contributed by atoms with E-state index in [2.05, 4.69) is 20.7 Å². The van der Waals surface area contributed by atoms with Crippen molar-refractivity contribution < 1.29 is 14.7 Å². The van der Waals surface area contributed by atoms with Crippen LogP contribution in [-0.2, 0) is 0 Å². The molecule has 1 aromatic heterocycles. The molecule has 0 spiro atoms. The van der Waals surface area contributed by atoms with Gasteiger partial charge in [0.15, 0.2) is 5.69 Å². The SMILES string of the molecule is Cc1n[nH]nc1C(=O)NC1CCN(C(=O)c2ccccc2)CC1O. The van der Waals surface area contributed by atoms with Gasteiger partial charge in [-0.05, 0) is 25.5 Å². The average molecular weight is 329 g/mol. The highest BCUT2D eigenvalue weighted by atomic mass is 16.3. The Balaban J connectivity index is 1.60. The Morgan fingerprint density at radius 3 is 2.67 bits per heavy atom. The van der Waals surface area contributed by atoms with Crippen LogP contribution < -0.4 is 5.32 Å². The maximum absolute atomic E-state index is 12.4. The van der Waals surface area contributed by atoms with Crippen LogP contribution in [0.5, 0.6) is 0 Å². The zero-order chi connectivity index (χ0) is 17.1. The second-order valence-electron chi connectivity index (χ2n) is 5.81. The molecule has 1 aromatic carbocycles. The molecule has 126 valence electrons. The van der Waals surface area contributed by atoms with E-state index in [1.807, 2.05) is 6.07 Å². The fourth-order valence-corrected chi connectivity index (χ4v) is 2.78. The van der Waals surface area contributed by atoms with E-state index in [-0.39, 0.29) is 24.1 Å². The first-order chi connectivity index (χ1) is 11.6. The van der Waals surface area contributed by atoms with Crippen LogP contribution in [0.15, 0.2) is 30.3 Å². The van der Waals surface area contributed by atoms with Gasteiger partial charge in [-0.2, -0.15) is 15.4 Å². The molecule has 1 aliphatic heterocycles. The molecule has 2 atom stereocenters. The summed E-state index contributed by atoms with van der Waals surface area (Å²) in [5, 5.41) is 23.1. The molecule has 8 heteroatoms. The number of rotatable bonds is 3. The number of aryl methyl sites for hydroxylation is 1. The summed E-state index contributed by atoms with van der Waals surface area (Å²) in [5.41, 5.74) is 1.30. The number of aromatic amines is 1. The summed E-state index contributed by atoms with van der Waals surface area (Å²) in [6.07, 6.45) is -0.356. The lowest BCUT2D eigenvalue weighted by Crippen LogP contribution is -2.55. The van der Waals surface area contributed by atoms with Crippen molar-refractivity contribution in [1.82, 2.24) is 25.6 Å². The van der Waals surface area contributed by atoms with Gasteiger partial charge in [-0.15, -0.1) is 0 Å². The molecule has 2 amide bonds. The van der Waals surface area contributed by atoms with Gasteiger partial charge in [0.05, 0.1) is 17.8 Å². The number of amides is 2. The number of hydrogen-bond donors (Lipinski definition) is 3. The summed E-state index contributed by atoms with van der Waals surface area (Å²) in [4.78, 5) is 26.2. The molecule has 0 bridgehead atoms. The number of nitrogens with zero attached hydrogens (tertiary/aromatic N) is 3. The number of aromatic nitrogens is 3. The van der Waals surface area contributed by atoms with Gasteiger partial charge in [0.1, 0.15) is 0 Å². The summed E-state index contributed by atoms with van der Waals surface area (Å²) in [5.74, 6) is -0.500. The van der Waals surface area contributed by atoms with Crippen molar-refractivity contribution in [2.45, 2.75) is 25.5 Å². The predicted molar refractivity (Wildman–Crippen MR) is 85.3 cm³/mol. The maximum atomic E-state index is 12.4. The van der Waals surface area contributed by atoms with Gasteiger partial charge >= 0.3 is 0 Å². The molecular weight excluding hydrogens is 310 g/mol. The first-order valence-electron chi connectivity index (χ1n) is 7.77. The Labute approximate surface area is 138 Å². The molecule has 2 heterocycles. The first kappa shape index (κ1) is 16.1. The minimum Gasteiger partial charge on any atom is -0.389 e. The molecule has 1 aliphatic rings. The number of hydrogen-bond acceptors (Lipinski definition) is 5. The summed E-state index contributed by atoms with van der Waals surface area (Å²) in [6.45, 7) is 2.32. The molecule has 2 aromatic rings. The van der Waals surface area contributed by atoms with Gasteiger partial charge in [0.2, 0.25) is 0 Å². The van der Waals surface area contributed by atoms with Crippen molar-refractivity contribution in [3.63, 3.8) is 0 Å². The second-order valence-corrected chi connectivity index (χ2v) is 5.81. The van der Waals surface area contributed by atoms with Crippen molar-refractivity contribution in [2.75, 3.05) is 13.1 Å². The van der Waals surface area contributed by atoms with Crippen molar-refractivity contribution >= 4 is 11.8 Å². The average Bonchev–Trinajstić information content (AvgIpc) is 3.03. The topological polar surface area (TPSA) is 111 Å². The largest absolute Gasteiger partial charge is 0.389 e. The fourth-order valence-electron chi connectivity index (χ4n) is 2.78. The van der Waals surface area contributed by atoms with Crippen LogP contribution >= 0.6 is 0 Å². The van der Waals surface area contributed by atoms with Gasteiger partial charge in [-0.3, -0.25) is 9.59 Å². The zero-order valence-electron chi connectivity index (χ0n) is 13.3. The zero-order valence-corrected chi connectivity index (χ0v) is 13.3. The number of piperidine rings is 1. The summed E-state index contributed by atoms with van der Waals surface area (Å²) < 4.78 is 0. The van der Waals surface area contributed by atoms with E-state index in [1.54, 1.807) is 36.1 Å². The van der Waals surface area contributed by atoms with E-state index in [0.717, 1.165) is 0 Å². The Morgan fingerprint density at radius 1 is 1.29 bits per heavy atom. The summed E-state index contributed by atoms with van der Waals surface area (Å²) in [7, 11) is 0. The Kier molecular flexibility index (Phi) is 4.57. The van der Waals surface area contributed by atoms with E-state index in [9.17, 15) is 14.7 Å². The fraction of sp³-hybridized carbons (Fsp3) is 0.375. The molecule has 2 unspecified atom stereocenters. The highest BCUT2D eigenvalue weighted by Gasteiger charge is 2.32. The van der Waals surface area contributed by atoms with Crippen LogP contribution in [0, 0.1) is 6.92 Å². The van der Waals surface area contributed by atoms with Gasteiger partial charge in [-0.25, -0.2) is 0 Å². The number of carbonyl (C=O) groups is 2. The number of β-amino-alcohol motifs (C(OH)–C–C–N with tert-alkyl or cyclic N) is 1. The number of nitrogens with one attached hydrogen (secondary N) is 2. The van der Waals surface area contributed by atoms with Gasteiger partial charge in [0, 0.05) is 18.7 Å². The van der Waals surface area contributed by atoms with E-state index in [4.69, 9.17) is 0 Å².